The van der Waals surface area contributed by atoms with Crippen molar-refractivity contribution in [3.05, 3.63) is 34.3 Å². The van der Waals surface area contributed by atoms with Crippen LogP contribution in [-0.2, 0) is 11.2 Å². The highest BCUT2D eigenvalue weighted by Crippen LogP contribution is 2.27. The van der Waals surface area contributed by atoms with E-state index in [0.717, 1.165) is 34.8 Å². The van der Waals surface area contributed by atoms with Crippen molar-refractivity contribution < 1.29 is 4.79 Å². The van der Waals surface area contributed by atoms with E-state index in [1.807, 2.05) is 29.2 Å². The van der Waals surface area contributed by atoms with Crippen molar-refractivity contribution in [2.24, 2.45) is 0 Å². The van der Waals surface area contributed by atoms with Crippen molar-refractivity contribution in [2.75, 3.05) is 11.9 Å². The summed E-state index contributed by atoms with van der Waals surface area (Å²) in [7, 11) is 0. The number of halogens is 2. The van der Waals surface area contributed by atoms with Gasteiger partial charge in [-0.3, -0.25) is 4.79 Å². The summed E-state index contributed by atoms with van der Waals surface area (Å²) in [6.45, 7) is 0.817. The van der Waals surface area contributed by atoms with Crippen LogP contribution in [0.4, 0.5) is 0 Å². The molecule has 0 unspecified atom stereocenters. The monoisotopic (exact) mass is 359 g/mol. The number of carbonyl (C=O) groups is 1. The smallest absolute Gasteiger partial charge is 0.227 e. The molecule has 4 heteroatoms. The molecule has 1 aromatic rings. The Morgan fingerprint density at radius 2 is 2.18 bits per heavy atom. The van der Waals surface area contributed by atoms with Gasteiger partial charge >= 0.3 is 0 Å². The molecule has 0 aromatic heterocycles. The summed E-state index contributed by atoms with van der Waals surface area (Å²) in [6, 6.07) is 8.45. The summed E-state index contributed by atoms with van der Waals surface area (Å²) in [4.78, 5) is 14.2. The summed E-state index contributed by atoms with van der Waals surface area (Å²) in [5.74, 6) is 0.241. The molecule has 0 atom stereocenters. The molecule has 0 bridgehead atoms. The van der Waals surface area contributed by atoms with Crippen LogP contribution in [0.1, 0.15) is 18.4 Å². The Kier molecular flexibility index (Phi) is 4.62. The largest absolute Gasteiger partial charge is 0.339 e. The van der Waals surface area contributed by atoms with Crippen LogP contribution in [0.5, 0.6) is 0 Å². The fourth-order valence-corrected chi connectivity index (χ4v) is 2.74. The Morgan fingerprint density at radius 3 is 2.76 bits per heavy atom. The van der Waals surface area contributed by atoms with Gasteiger partial charge in [-0.2, -0.15) is 0 Å². The fraction of sp³-hybridized carbons (Fsp3) is 0.462. The first-order valence-electron chi connectivity index (χ1n) is 5.80. The van der Waals surface area contributed by atoms with Gasteiger partial charge in [0.25, 0.3) is 0 Å². The zero-order chi connectivity index (χ0) is 12.3. The molecule has 1 amide bonds. The van der Waals surface area contributed by atoms with E-state index in [2.05, 4.69) is 31.9 Å². The summed E-state index contributed by atoms with van der Waals surface area (Å²) in [5.41, 5.74) is 1.07. The second kappa shape index (κ2) is 6.01. The van der Waals surface area contributed by atoms with E-state index in [1.54, 1.807) is 0 Å². The highest BCUT2D eigenvalue weighted by atomic mass is 79.9. The molecule has 0 radical (unpaired) electrons. The molecular weight excluding hydrogens is 346 g/mol. The molecule has 0 N–H and O–H groups in total. The normalized spacial score (nSPS) is 14.7. The van der Waals surface area contributed by atoms with Gasteiger partial charge in [0.15, 0.2) is 0 Å². The minimum Gasteiger partial charge on any atom is -0.339 e. The highest BCUT2D eigenvalue weighted by molar-refractivity contribution is 9.10. The Bertz CT molecular complexity index is 404. The molecule has 0 aliphatic heterocycles. The summed E-state index contributed by atoms with van der Waals surface area (Å²) in [5, 5.41) is 0.855. The van der Waals surface area contributed by atoms with E-state index in [0.29, 0.717) is 12.5 Å². The molecular formula is C13H15Br2NO. The lowest BCUT2D eigenvalue weighted by Gasteiger charge is -2.21. The highest BCUT2D eigenvalue weighted by Gasteiger charge is 2.31. The van der Waals surface area contributed by atoms with E-state index in [4.69, 9.17) is 0 Å². The quantitative estimate of drug-likeness (QED) is 0.737. The van der Waals surface area contributed by atoms with Gasteiger partial charge in [0, 0.05) is 22.4 Å². The lowest BCUT2D eigenvalue weighted by Crippen LogP contribution is -2.35. The average Bonchev–Trinajstić information content (AvgIpc) is 3.09. The van der Waals surface area contributed by atoms with Crippen molar-refractivity contribution in [1.82, 2.24) is 4.90 Å². The number of alkyl halides is 1. The SMILES string of the molecule is O=C(Cc1cccc(Br)c1)N(CCBr)C1CC1. The minimum absolute atomic E-state index is 0.241. The molecule has 0 heterocycles. The second-order valence-corrected chi connectivity index (χ2v) is 6.02. The van der Waals surface area contributed by atoms with Crippen LogP contribution in [0.15, 0.2) is 28.7 Å². The molecule has 2 rings (SSSR count). The number of carbonyl (C=O) groups excluding carboxylic acids is 1. The Labute approximate surface area is 119 Å². The van der Waals surface area contributed by atoms with E-state index >= 15 is 0 Å². The number of nitrogens with zero attached hydrogens (tertiary/aromatic N) is 1. The van der Waals surface area contributed by atoms with Crippen LogP contribution in [-0.4, -0.2) is 28.7 Å². The molecule has 1 aliphatic carbocycles. The third-order valence-corrected chi connectivity index (χ3v) is 3.73. The lowest BCUT2D eigenvalue weighted by molar-refractivity contribution is -0.130. The van der Waals surface area contributed by atoms with Crippen molar-refractivity contribution in [3.8, 4) is 0 Å². The molecule has 92 valence electrons. The maximum atomic E-state index is 12.2. The van der Waals surface area contributed by atoms with Crippen LogP contribution < -0.4 is 0 Å². The van der Waals surface area contributed by atoms with Gasteiger partial charge in [-0.15, -0.1) is 0 Å². The van der Waals surface area contributed by atoms with Crippen LogP contribution in [0.25, 0.3) is 0 Å². The molecule has 1 fully saturated rings. The topological polar surface area (TPSA) is 20.3 Å². The van der Waals surface area contributed by atoms with Gasteiger partial charge in [0.2, 0.25) is 5.91 Å². The van der Waals surface area contributed by atoms with Crippen molar-refractivity contribution in [3.63, 3.8) is 0 Å². The maximum Gasteiger partial charge on any atom is 0.227 e. The number of hydrogen-bond acceptors (Lipinski definition) is 1. The standard InChI is InChI=1S/C13H15Br2NO/c14-6-7-16(12-4-5-12)13(17)9-10-2-1-3-11(15)8-10/h1-3,8,12H,4-7,9H2. The Hall–Kier alpha value is -0.350. The first-order chi connectivity index (χ1) is 8.20. The number of benzene rings is 1. The van der Waals surface area contributed by atoms with Gasteiger partial charge in [-0.05, 0) is 30.5 Å². The minimum atomic E-state index is 0.241. The zero-order valence-electron chi connectivity index (χ0n) is 9.53. The molecule has 0 spiro atoms. The van der Waals surface area contributed by atoms with Crippen LogP contribution in [0.3, 0.4) is 0 Å². The van der Waals surface area contributed by atoms with Gasteiger partial charge < -0.3 is 4.90 Å². The summed E-state index contributed by atoms with van der Waals surface area (Å²) < 4.78 is 1.03. The molecule has 1 aromatic carbocycles. The molecule has 2 nitrogen and oxygen atoms in total. The van der Waals surface area contributed by atoms with Gasteiger partial charge in [0.1, 0.15) is 0 Å². The molecule has 1 aliphatic rings. The third-order valence-electron chi connectivity index (χ3n) is 2.88. The summed E-state index contributed by atoms with van der Waals surface area (Å²) >= 11 is 6.84. The second-order valence-electron chi connectivity index (χ2n) is 4.31. The molecule has 17 heavy (non-hydrogen) atoms. The van der Waals surface area contributed by atoms with E-state index < -0.39 is 0 Å². The fourth-order valence-electron chi connectivity index (χ4n) is 1.91. The molecule has 1 saturated carbocycles. The predicted molar refractivity (Wildman–Crippen MR) is 76.4 cm³/mol. The van der Waals surface area contributed by atoms with Crippen LogP contribution in [0, 0.1) is 0 Å². The van der Waals surface area contributed by atoms with E-state index in [-0.39, 0.29) is 5.91 Å². The van der Waals surface area contributed by atoms with Crippen LogP contribution >= 0.6 is 31.9 Å². The number of amides is 1. The number of hydrogen-bond donors (Lipinski definition) is 0. The van der Waals surface area contributed by atoms with Crippen molar-refractivity contribution >= 4 is 37.8 Å². The Balaban J connectivity index is 1.99. The van der Waals surface area contributed by atoms with E-state index in [1.165, 1.54) is 0 Å². The zero-order valence-corrected chi connectivity index (χ0v) is 12.7. The average molecular weight is 361 g/mol. The first kappa shape index (κ1) is 13.1. The molecule has 0 saturated heterocycles. The van der Waals surface area contributed by atoms with Crippen molar-refractivity contribution in [1.29, 1.82) is 0 Å². The van der Waals surface area contributed by atoms with Crippen LogP contribution in [0.2, 0.25) is 0 Å². The lowest BCUT2D eigenvalue weighted by atomic mass is 10.1. The Morgan fingerprint density at radius 1 is 1.41 bits per heavy atom. The van der Waals surface area contributed by atoms with Gasteiger partial charge in [0.05, 0.1) is 6.42 Å². The van der Waals surface area contributed by atoms with E-state index in [9.17, 15) is 4.79 Å². The van der Waals surface area contributed by atoms with Gasteiger partial charge in [-0.25, -0.2) is 0 Å². The third kappa shape index (κ3) is 3.81. The summed E-state index contributed by atoms with van der Waals surface area (Å²) in [6.07, 6.45) is 2.83. The van der Waals surface area contributed by atoms with Crippen molar-refractivity contribution in [2.45, 2.75) is 25.3 Å². The maximum absolute atomic E-state index is 12.2. The first-order valence-corrected chi connectivity index (χ1v) is 7.72. The predicted octanol–water partition coefficient (Wildman–Crippen LogP) is 3.38. The van der Waals surface area contributed by atoms with Gasteiger partial charge in [-0.1, -0.05) is 44.0 Å². The number of rotatable bonds is 5.